The third kappa shape index (κ3) is 9.71. The van der Waals surface area contributed by atoms with Crippen molar-refractivity contribution in [3.8, 4) is 0 Å². The highest BCUT2D eigenvalue weighted by atomic mass is 79.9. The Bertz CT molecular complexity index is 1430. The third-order valence-corrected chi connectivity index (χ3v) is 8.46. The molecule has 2 amide bonds. The van der Waals surface area contributed by atoms with Crippen LogP contribution in [-0.2, 0) is 32.6 Å². The molecule has 0 radical (unpaired) electrons. The fraction of sp³-hybridized carbons (Fsp3) is 0.375. The van der Waals surface area contributed by atoms with E-state index in [1.807, 2.05) is 100 Å². The number of rotatable bonds is 13. The van der Waals surface area contributed by atoms with Crippen molar-refractivity contribution in [1.82, 2.24) is 10.2 Å². The van der Waals surface area contributed by atoms with Crippen LogP contribution in [0.5, 0.6) is 0 Å². The van der Waals surface area contributed by atoms with Crippen molar-refractivity contribution < 1.29 is 18.0 Å². The minimum Gasteiger partial charge on any atom is -0.352 e. The number of nitrogens with one attached hydrogen (secondary N) is 1. The predicted octanol–water partition coefficient (Wildman–Crippen LogP) is 5.78. The zero-order valence-corrected chi connectivity index (χ0v) is 26.8. The molecule has 3 rings (SSSR count). The molecule has 0 aliphatic heterocycles. The van der Waals surface area contributed by atoms with Gasteiger partial charge in [-0.2, -0.15) is 0 Å². The monoisotopic (exact) mass is 641 g/mol. The summed E-state index contributed by atoms with van der Waals surface area (Å²) in [7, 11) is -3.57. The number of hydrogen-bond donors (Lipinski definition) is 1. The minimum atomic E-state index is -3.57. The highest BCUT2D eigenvalue weighted by Crippen LogP contribution is 2.25. The first kappa shape index (κ1) is 32.3. The van der Waals surface area contributed by atoms with Gasteiger partial charge in [0.1, 0.15) is 6.04 Å². The van der Waals surface area contributed by atoms with Gasteiger partial charge in [0.15, 0.2) is 0 Å². The second-order valence-corrected chi connectivity index (χ2v) is 13.6. The molecule has 3 aromatic rings. The predicted molar refractivity (Wildman–Crippen MR) is 169 cm³/mol. The summed E-state index contributed by atoms with van der Waals surface area (Å²) in [5, 5.41) is 2.99. The van der Waals surface area contributed by atoms with E-state index < -0.39 is 16.1 Å². The Morgan fingerprint density at radius 1 is 0.927 bits per heavy atom. The maximum absolute atomic E-state index is 13.9. The van der Waals surface area contributed by atoms with Crippen LogP contribution in [0.1, 0.15) is 48.9 Å². The fourth-order valence-electron chi connectivity index (χ4n) is 4.69. The Hall–Kier alpha value is -3.17. The van der Waals surface area contributed by atoms with E-state index in [0.29, 0.717) is 18.5 Å². The highest BCUT2D eigenvalue weighted by molar-refractivity contribution is 9.10. The first-order valence-electron chi connectivity index (χ1n) is 13.8. The van der Waals surface area contributed by atoms with Crippen LogP contribution in [0.4, 0.5) is 5.69 Å². The number of nitrogens with zero attached hydrogens (tertiary/aromatic N) is 2. The molecule has 0 fully saturated rings. The average molecular weight is 643 g/mol. The Kier molecular flexibility index (Phi) is 11.5. The van der Waals surface area contributed by atoms with E-state index in [9.17, 15) is 18.0 Å². The highest BCUT2D eigenvalue weighted by Gasteiger charge is 2.31. The van der Waals surface area contributed by atoms with E-state index in [1.165, 1.54) is 10.6 Å². The second-order valence-electron chi connectivity index (χ2n) is 10.7. The first-order valence-corrected chi connectivity index (χ1v) is 16.4. The molecule has 3 aromatic carbocycles. The summed E-state index contributed by atoms with van der Waals surface area (Å²) in [6.45, 7) is 7.99. The molecule has 0 aliphatic carbocycles. The van der Waals surface area contributed by atoms with Crippen molar-refractivity contribution >= 4 is 43.5 Å². The number of anilines is 1. The number of aryl methyl sites for hydroxylation is 2. The van der Waals surface area contributed by atoms with Crippen LogP contribution in [0.2, 0.25) is 0 Å². The SMILES string of the molecule is Cc1ccc(C)c(N(CCCC(=O)N(Cc2ccc(Br)cc2)C(Cc2ccccc2)C(=O)NC(C)C)S(C)(=O)=O)c1. The Balaban J connectivity index is 1.89. The molecular weight excluding hydrogens is 602 g/mol. The molecule has 1 unspecified atom stereocenters. The van der Waals surface area contributed by atoms with Gasteiger partial charge < -0.3 is 10.2 Å². The lowest BCUT2D eigenvalue weighted by atomic mass is 10.0. The van der Waals surface area contributed by atoms with Crippen LogP contribution in [0.25, 0.3) is 0 Å². The molecule has 7 nitrogen and oxygen atoms in total. The number of sulfonamides is 1. The van der Waals surface area contributed by atoms with Crippen LogP contribution >= 0.6 is 15.9 Å². The van der Waals surface area contributed by atoms with E-state index in [4.69, 9.17) is 0 Å². The summed E-state index contributed by atoms with van der Waals surface area (Å²) in [4.78, 5) is 29.0. The summed E-state index contributed by atoms with van der Waals surface area (Å²) in [6, 6.07) is 22.2. The van der Waals surface area contributed by atoms with Gasteiger partial charge >= 0.3 is 0 Å². The van der Waals surface area contributed by atoms with Crippen LogP contribution in [0, 0.1) is 13.8 Å². The molecule has 0 saturated heterocycles. The summed E-state index contributed by atoms with van der Waals surface area (Å²) in [5.74, 6) is -0.426. The summed E-state index contributed by atoms with van der Waals surface area (Å²) < 4.78 is 27.8. The summed E-state index contributed by atoms with van der Waals surface area (Å²) in [5.41, 5.74) is 4.26. The Labute approximate surface area is 253 Å². The molecule has 0 bridgehead atoms. The van der Waals surface area contributed by atoms with Gasteiger partial charge in [0.05, 0.1) is 11.9 Å². The molecule has 220 valence electrons. The Morgan fingerprint density at radius 3 is 2.20 bits per heavy atom. The van der Waals surface area contributed by atoms with Crippen molar-refractivity contribution in [2.24, 2.45) is 0 Å². The third-order valence-electron chi connectivity index (χ3n) is 6.75. The largest absolute Gasteiger partial charge is 0.352 e. The molecule has 41 heavy (non-hydrogen) atoms. The average Bonchev–Trinajstić information content (AvgIpc) is 2.90. The lowest BCUT2D eigenvalue weighted by Crippen LogP contribution is -2.51. The van der Waals surface area contributed by atoms with Gasteiger partial charge in [-0.05, 0) is 74.6 Å². The quantitative estimate of drug-likeness (QED) is 0.256. The number of amides is 2. The Morgan fingerprint density at radius 2 is 1.59 bits per heavy atom. The van der Waals surface area contributed by atoms with Gasteiger partial charge in [-0.3, -0.25) is 13.9 Å². The van der Waals surface area contributed by atoms with Gasteiger partial charge in [-0.25, -0.2) is 8.42 Å². The van der Waals surface area contributed by atoms with Crippen molar-refractivity contribution in [2.45, 2.75) is 65.6 Å². The molecule has 1 atom stereocenters. The van der Waals surface area contributed by atoms with Crippen molar-refractivity contribution in [3.05, 3.63) is 99.5 Å². The van der Waals surface area contributed by atoms with Crippen molar-refractivity contribution in [2.75, 3.05) is 17.1 Å². The number of halogens is 1. The molecule has 0 aromatic heterocycles. The van der Waals surface area contributed by atoms with Crippen molar-refractivity contribution in [1.29, 1.82) is 0 Å². The first-order chi connectivity index (χ1) is 19.3. The van der Waals surface area contributed by atoms with Gasteiger partial charge in [-0.15, -0.1) is 0 Å². The number of carbonyl (C=O) groups excluding carboxylic acids is 2. The number of benzene rings is 3. The summed E-state index contributed by atoms with van der Waals surface area (Å²) >= 11 is 3.46. The molecule has 9 heteroatoms. The maximum atomic E-state index is 13.9. The topological polar surface area (TPSA) is 86.8 Å². The number of carbonyl (C=O) groups is 2. The maximum Gasteiger partial charge on any atom is 0.243 e. The standard InChI is InChI=1S/C32H40BrN3O4S/c1-23(2)34-32(38)30(21-26-10-7-6-8-11-26)35(22-27-15-17-28(33)18-16-27)31(37)12-9-19-36(41(5,39)40)29-20-24(3)13-14-25(29)4/h6-8,10-11,13-18,20,23,30H,9,12,19,21-22H2,1-5H3,(H,34,38). The second kappa shape index (κ2) is 14.6. The molecule has 0 spiro atoms. The zero-order chi connectivity index (χ0) is 30.2. The minimum absolute atomic E-state index is 0.0909. The van der Waals surface area contributed by atoms with Crippen LogP contribution in [0.3, 0.4) is 0 Å². The number of hydrogen-bond acceptors (Lipinski definition) is 4. The smallest absolute Gasteiger partial charge is 0.243 e. The zero-order valence-electron chi connectivity index (χ0n) is 24.4. The van der Waals surface area contributed by atoms with E-state index in [1.54, 1.807) is 4.90 Å². The molecule has 0 aliphatic rings. The summed E-state index contributed by atoms with van der Waals surface area (Å²) in [6.07, 6.45) is 1.94. The molecule has 0 saturated carbocycles. The van der Waals surface area contributed by atoms with Gasteiger partial charge in [0, 0.05) is 36.4 Å². The lowest BCUT2D eigenvalue weighted by molar-refractivity contribution is -0.141. The molecule has 1 N–H and O–H groups in total. The van der Waals surface area contributed by atoms with E-state index in [0.717, 1.165) is 26.7 Å². The van der Waals surface area contributed by atoms with Crippen molar-refractivity contribution in [3.63, 3.8) is 0 Å². The van der Waals surface area contributed by atoms with Gasteiger partial charge in [0.2, 0.25) is 21.8 Å². The van der Waals surface area contributed by atoms with Gasteiger partial charge in [-0.1, -0.05) is 70.5 Å². The molecule has 0 heterocycles. The fourth-order valence-corrected chi connectivity index (χ4v) is 5.97. The normalized spacial score (nSPS) is 12.2. The van der Waals surface area contributed by atoms with Crippen LogP contribution < -0.4 is 9.62 Å². The van der Waals surface area contributed by atoms with Gasteiger partial charge in [0.25, 0.3) is 0 Å². The van der Waals surface area contributed by atoms with E-state index in [2.05, 4.69) is 21.2 Å². The van der Waals surface area contributed by atoms with E-state index >= 15 is 0 Å². The van der Waals surface area contributed by atoms with Crippen LogP contribution in [0.15, 0.2) is 77.3 Å². The lowest BCUT2D eigenvalue weighted by Gasteiger charge is -2.32. The molecular formula is C32H40BrN3O4S. The van der Waals surface area contributed by atoms with E-state index in [-0.39, 0.29) is 37.4 Å². The van der Waals surface area contributed by atoms with Crippen LogP contribution in [-0.4, -0.2) is 50.0 Å².